The highest BCUT2D eigenvalue weighted by Crippen LogP contribution is 2.28. The highest BCUT2D eigenvalue weighted by Gasteiger charge is 2.19. The lowest BCUT2D eigenvalue weighted by molar-refractivity contribution is 0.102. The van der Waals surface area contributed by atoms with Crippen LogP contribution in [0.3, 0.4) is 0 Å². The number of methoxy groups -OCH3 is 2. The first kappa shape index (κ1) is 13.9. The van der Waals surface area contributed by atoms with Crippen molar-refractivity contribution in [1.82, 2.24) is 9.38 Å². The number of anilines is 1. The summed E-state index contributed by atoms with van der Waals surface area (Å²) in [5.74, 6) is 1.02. The molecule has 6 nitrogen and oxygen atoms in total. The van der Waals surface area contributed by atoms with Crippen LogP contribution in [0.4, 0.5) is 5.82 Å². The summed E-state index contributed by atoms with van der Waals surface area (Å²) in [4.78, 5) is 16.9. The summed E-state index contributed by atoms with van der Waals surface area (Å²) in [6, 6.07) is 10.8. The van der Waals surface area contributed by atoms with Crippen molar-refractivity contribution in [3.63, 3.8) is 0 Å². The number of nitrogens with zero attached hydrogens (tertiary/aromatic N) is 2. The molecule has 0 saturated heterocycles. The molecule has 0 aliphatic rings. The largest absolute Gasteiger partial charge is 0.496 e. The molecule has 0 unspecified atom stereocenters. The van der Waals surface area contributed by atoms with Crippen molar-refractivity contribution in [2.75, 3.05) is 19.5 Å². The molecule has 1 N–H and O–H groups in total. The minimum atomic E-state index is -0.335. The van der Waals surface area contributed by atoms with Gasteiger partial charge in [0, 0.05) is 6.20 Å². The predicted octanol–water partition coefficient (Wildman–Crippen LogP) is 2.60. The van der Waals surface area contributed by atoms with E-state index in [2.05, 4.69) is 10.3 Å². The molecule has 2 aromatic heterocycles. The van der Waals surface area contributed by atoms with Gasteiger partial charge >= 0.3 is 0 Å². The molecule has 1 amide bonds. The van der Waals surface area contributed by atoms with E-state index < -0.39 is 0 Å². The second-order valence-electron chi connectivity index (χ2n) is 4.58. The second-order valence-corrected chi connectivity index (χ2v) is 4.58. The van der Waals surface area contributed by atoms with Gasteiger partial charge in [-0.2, -0.15) is 0 Å². The number of carbonyl (C=O) groups is 1. The van der Waals surface area contributed by atoms with E-state index in [1.54, 1.807) is 24.4 Å². The predicted molar refractivity (Wildman–Crippen MR) is 82.7 cm³/mol. The Morgan fingerprint density at radius 2 is 1.82 bits per heavy atom. The molecule has 6 heteroatoms. The zero-order valence-corrected chi connectivity index (χ0v) is 12.2. The average molecular weight is 297 g/mol. The van der Waals surface area contributed by atoms with Gasteiger partial charge in [-0.05, 0) is 24.3 Å². The number of hydrogen-bond acceptors (Lipinski definition) is 4. The number of aromatic nitrogens is 2. The molecule has 0 saturated carbocycles. The van der Waals surface area contributed by atoms with E-state index in [0.29, 0.717) is 22.9 Å². The minimum Gasteiger partial charge on any atom is -0.496 e. The summed E-state index contributed by atoms with van der Waals surface area (Å²) in [6.07, 6.45) is 3.61. The number of nitrogens with one attached hydrogen (secondary N) is 1. The monoisotopic (exact) mass is 297 g/mol. The lowest BCUT2D eigenvalue weighted by Crippen LogP contribution is -2.14. The van der Waals surface area contributed by atoms with Crippen LogP contribution in [0, 0.1) is 0 Å². The Labute approximate surface area is 127 Å². The summed E-state index contributed by atoms with van der Waals surface area (Å²) in [6.45, 7) is 0. The van der Waals surface area contributed by atoms with Crippen molar-refractivity contribution in [3.05, 3.63) is 54.4 Å². The maximum Gasteiger partial charge on any atom is 0.264 e. The Morgan fingerprint density at radius 1 is 1.09 bits per heavy atom. The number of carbonyl (C=O) groups excluding carboxylic acids is 1. The van der Waals surface area contributed by atoms with Crippen LogP contribution in [-0.2, 0) is 0 Å². The Kier molecular flexibility index (Phi) is 3.65. The molecule has 0 aliphatic heterocycles. The zero-order valence-electron chi connectivity index (χ0n) is 12.2. The fraction of sp³-hybridized carbons (Fsp3) is 0.125. The van der Waals surface area contributed by atoms with Gasteiger partial charge in [0.2, 0.25) is 0 Å². The van der Waals surface area contributed by atoms with Crippen molar-refractivity contribution in [2.45, 2.75) is 0 Å². The van der Waals surface area contributed by atoms with Crippen molar-refractivity contribution in [2.24, 2.45) is 0 Å². The Morgan fingerprint density at radius 3 is 2.45 bits per heavy atom. The molecular formula is C16H15N3O3. The lowest BCUT2D eigenvalue weighted by Gasteiger charge is -2.11. The number of benzene rings is 1. The number of imidazole rings is 1. The second kappa shape index (κ2) is 5.77. The number of rotatable bonds is 4. The van der Waals surface area contributed by atoms with Crippen LogP contribution in [0.2, 0.25) is 0 Å². The number of hydrogen-bond donors (Lipinski definition) is 1. The molecule has 0 bridgehead atoms. The average Bonchev–Trinajstić information content (AvgIpc) is 2.95. The summed E-state index contributed by atoms with van der Waals surface area (Å²) >= 11 is 0. The molecule has 0 radical (unpaired) electrons. The summed E-state index contributed by atoms with van der Waals surface area (Å²) in [5.41, 5.74) is 1.09. The maximum absolute atomic E-state index is 12.5. The van der Waals surface area contributed by atoms with Gasteiger partial charge < -0.3 is 19.2 Å². The van der Waals surface area contributed by atoms with Gasteiger partial charge in [-0.1, -0.05) is 12.1 Å². The van der Waals surface area contributed by atoms with Gasteiger partial charge in [0.05, 0.1) is 20.4 Å². The van der Waals surface area contributed by atoms with Gasteiger partial charge in [0.1, 0.15) is 22.7 Å². The van der Waals surface area contributed by atoms with E-state index in [1.165, 1.54) is 14.2 Å². The van der Waals surface area contributed by atoms with Crippen LogP contribution in [0.5, 0.6) is 11.5 Å². The molecule has 0 spiro atoms. The third-order valence-corrected chi connectivity index (χ3v) is 3.26. The zero-order chi connectivity index (χ0) is 15.5. The highest BCUT2D eigenvalue weighted by molar-refractivity contribution is 6.07. The van der Waals surface area contributed by atoms with E-state index >= 15 is 0 Å². The SMILES string of the molecule is COc1cccc(OC)c1C(=O)Nc1cn2ccccc2n1. The van der Waals surface area contributed by atoms with E-state index in [0.717, 1.165) is 5.65 Å². The van der Waals surface area contributed by atoms with Gasteiger partial charge in [0.25, 0.3) is 5.91 Å². The van der Waals surface area contributed by atoms with E-state index in [4.69, 9.17) is 9.47 Å². The fourth-order valence-electron chi connectivity index (χ4n) is 2.25. The molecule has 0 aliphatic carbocycles. The Balaban J connectivity index is 1.94. The summed E-state index contributed by atoms with van der Waals surface area (Å²) in [5, 5.41) is 2.77. The standard InChI is InChI=1S/C16H15N3O3/c1-21-11-6-5-7-12(22-2)15(11)16(20)18-13-10-19-9-4-3-8-14(19)17-13/h3-10H,1-2H3,(H,18,20). The van der Waals surface area contributed by atoms with Gasteiger partial charge in [-0.3, -0.25) is 4.79 Å². The number of amides is 1. The van der Waals surface area contributed by atoms with Crippen LogP contribution in [-0.4, -0.2) is 29.5 Å². The third kappa shape index (κ3) is 2.46. The van der Waals surface area contributed by atoms with Crippen LogP contribution in [0.25, 0.3) is 5.65 Å². The molecule has 1 aromatic carbocycles. The van der Waals surface area contributed by atoms with Crippen molar-refractivity contribution in [3.8, 4) is 11.5 Å². The Hall–Kier alpha value is -3.02. The lowest BCUT2D eigenvalue weighted by atomic mass is 10.1. The fourth-order valence-corrected chi connectivity index (χ4v) is 2.25. The topological polar surface area (TPSA) is 64.9 Å². The molecule has 2 heterocycles. The molecule has 3 aromatic rings. The third-order valence-electron chi connectivity index (χ3n) is 3.26. The smallest absolute Gasteiger partial charge is 0.264 e. The highest BCUT2D eigenvalue weighted by atomic mass is 16.5. The molecule has 112 valence electrons. The van der Waals surface area contributed by atoms with E-state index in [-0.39, 0.29) is 5.91 Å². The van der Waals surface area contributed by atoms with Crippen LogP contribution >= 0.6 is 0 Å². The van der Waals surface area contributed by atoms with Crippen molar-refractivity contribution < 1.29 is 14.3 Å². The first-order valence-corrected chi connectivity index (χ1v) is 6.69. The first-order chi connectivity index (χ1) is 10.7. The van der Waals surface area contributed by atoms with Crippen LogP contribution < -0.4 is 14.8 Å². The molecular weight excluding hydrogens is 282 g/mol. The van der Waals surface area contributed by atoms with Gasteiger partial charge in [-0.25, -0.2) is 4.98 Å². The number of ether oxygens (including phenoxy) is 2. The first-order valence-electron chi connectivity index (χ1n) is 6.69. The van der Waals surface area contributed by atoms with Gasteiger partial charge in [0.15, 0.2) is 5.82 Å². The molecule has 3 rings (SSSR count). The Bertz CT molecular complexity index is 771. The van der Waals surface area contributed by atoms with E-state index in [9.17, 15) is 4.79 Å². The minimum absolute atomic E-state index is 0.335. The van der Waals surface area contributed by atoms with Crippen molar-refractivity contribution in [1.29, 1.82) is 0 Å². The quantitative estimate of drug-likeness (QED) is 0.804. The number of fused-ring (bicyclic) bond motifs is 1. The normalized spacial score (nSPS) is 10.5. The van der Waals surface area contributed by atoms with E-state index in [1.807, 2.05) is 28.8 Å². The van der Waals surface area contributed by atoms with Crippen LogP contribution in [0.1, 0.15) is 10.4 Å². The van der Waals surface area contributed by atoms with Crippen molar-refractivity contribution >= 4 is 17.4 Å². The molecule has 0 fully saturated rings. The maximum atomic E-state index is 12.5. The van der Waals surface area contributed by atoms with Gasteiger partial charge in [-0.15, -0.1) is 0 Å². The molecule has 0 atom stereocenters. The summed E-state index contributed by atoms with van der Waals surface area (Å²) < 4.78 is 12.3. The molecule has 22 heavy (non-hydrogen) atoms. The number of pyridine rings is 1. The van der Waals surface area contributed by atoms with Crippen LogP contribution in [0.15, 0.2) is 48.8 Å². The summed E-state index contributed by atoms with van der Waals surface area (Å²) in [7, 11) is 3.02.